The van der Waals surface area contributed by atoms with Crippen LogP contribution in [0.5, 0.6) is 0 Å². The number of piperidine rings is 2. The van der Waals surface area contributed by atoms with Crippen LogP contribution in [0.1, 0.15) is 44.9 Å². The molecule has 0 aromatic heterocycles. The zero-order chi connectivity index (χ0) is 23.4. The molecule has 6 saturated heterocycles. The van der Waals surface area contributed by atoms with Gasteiger partial charge in [0.15, 0.2) is 0 Å². The number of nitrogens with zero attached hydrogens (tertiary/aromatic N) is 6. The lowest BCUT2D eigenvalue weighted by Crippen LogP contribution is -2.53. The summed E-state index contributed by atoms with van der Waals surface area (Å²) < 4.78 is 0. The number of piperazine rings is 1. The number of likely N-dealkylation sites (tertiary alicyclic amines) is 4. The second-order valence-corrected chi connectivity index (χ2v) is 12.6. The molecule has 192 valence electrons. The first-order valence-corrected chi connectivity index (χ1v) is 14.0. The van der Waals surface area contributed by atoms with Gasteiger partial charge < -0.3 is 24.5 Å². The maximum absolute atomic E-state index is 2.67. The van der Waals surface area contributed by atoms with Crippen molar-refractivity contribution < 1.29 is 0 Å². The SMILES string of the molecule is CN1CC2CCCN(C)C2C1.CN1CCC2(CCN(C)C2)C1.CN1CCN2CCCCC2C1. The van der Waals surface area contributed by atoms with Crippen LogP contribution in [0.25, 0.3) is 0 Å². The first kappa shape index (κ1) is 25.8. The molecule has 33 heavy (non-hydrogen) atoms. The fourth-order valence-electron chi connectivity index (χ4n) is 7.58. The van der Waals surface area contributed by atoms with Gasteiger partial charge in [-0.3, -0.25) is 4.90 Å². The summed E-state index contributed by atoms with van der Waals surface area (Å²) in [6, 6.07) is 1.76. The van der Waals surface area contributed by atoms with Crippen molar-refractivity contribution in [1.82, 2.24) is 29.4 Å². The quantitative estimate of drug-likeness (QED) is 0.545. The van der Waals surface area contributed by atoms with Gasteiger partial charge in [0, 0.05) is 57.9 Å². The van der Waals surface area contributed by atoms with E-state index in [9.17, 15) is 0 Å². The van der Waals surface area contributed by atoms with Crippen LogP contribution >= 0.6 is 0 Å². The van der Waals surface area contributed by atoms with E-state index in [0.717, 1.165) is 18.0 Å². The Bertz CT molecular complexity index is 578. The van der Waals surface area contributed by atoms with Crippen LogP contribution in [0, 0.1) is 11.3 Å². The fourth-order valence-corrected chi connectivity index (χ4v) is 7.58. The van der Waals surface area contributed by atoms with E-state index in [0.29, 0.717) is 5.41 Å². The lowest BCUT2D eigenvalue weighted by Gasteiger charge is -2.42. The summed E-state index contributed by atoms with van der Waals surface area (Å²) >= 11 is 0. The topological polar surface area (TPSA) is 19.4 Å². The van der Waals surface area contributed by atoms with Gasteiger partial charge in [0.05, 0.1) is 0 Å². The second kappa shape index (κ2) is 11.7. The average Bonchev–Trinajstić information content (AvgIpc) is 3.47. The Hall–Kier alpha value is -0.240. The van der Waals surface area contributed by atoms with Gasteiger partial charge in [-0.2, -0.15) is 0 Å². The van der Waals surface area contributed by atoms with Gasteiger partial charge in [0.2, 0.25) is 0 Å². The third-order valence-corrected chi connectivity index (χ3v) is 9.54. The minimum Gasteiger partial charge on any atom is -0.306 e. The Labute approximate surface area is 205 Å². The third kappa shape index (κ3) is 6.92. The van der Waals surface area contributed by atoms with Gasteiger partial charge in [-0.05, 0) is 111 Å². The van der Waals surface area contributed by atoms with Crippen molar-refractivity contribution in [2.24, 2.45) is 11.3 Å². The molecule has 0 amide bonds. The van der Waals surface area contributed by atoms with Gasteiger partial charge in [0.25, 0.3) is 0 Å². The van der Waals surface area contributed by atoms with Crippen molar-refractivity contribution in [3.05, 3.63) is 0 Å². The third-order valence-electron chi connectivity index (χ3n) is 9.54. The smallest absolute Gasteiger partial charge is 0.0260 e. The second-order valence-electron chi connectivity index (χ2n) is 12.6. The summed E-state index contributed by atoms with van der Waals surface area (Å²) in [5.74, 6) is 0.971. The van der Waals surface area contributed by atoms with Crippen molar-refractivity contribution in [2.75, 3.05) is 107 Å². The number of hydrogen-bond acceptors (Lipinski definition) is 6. The fraction of sp³-hybridized carbons (Fsp3) is 1.00. The molecule has 1 spiro atoms. The standard InChI is InChI=1S/3C9H18N2/c1-10-5-3-9(7-10)4-6-11(2)8-9;1-10-6-8-4-3-5-11(2)9(8)7-10;1-10-6-7-11-5-3-2-4-9(11)8-10/h3-8H2,1-2H3;8-9H,3-7H2,1-2H3;9H,2-8H2,1H3. The molecule has 6 nitrogen and oxygen atoms in total. The van der Waals surface area contributed by atoms with E-state index in [-0.39, 0.29) is 0 Å². The maximum atomic E-state index is 2.67. The van der Waals surface area contributed by atoms with Gasteiger partial charge in [0.1, 0.15) is 0 Å². The monoisotopic (exact) mass is 462 g/mol. The van der Waals surface area contributed by atoms with E-state index in [1.54, 1.807) is 0 Å². The van der Waals surface area contributed by atoms with E-state index < -0.39 is 0 Å². The number of likely N-dealkylation sites (N-methyl/N-ethyl adjacent to an activating group) is 3. The van der Waals surface area contributed by atoms with Crippen LogP contribution in [0.2, 0.25) is 0 Å². The molecule has 0 aromatic carbocycles. The average molecular weight is 463 g/mol. The lowest BCUT2D eigenvalue weighted by atomic mass is 9.86. The Morgan fingerprint density at radius 1 is 0.576 bits per heavy atom. The molecule has 0 bridgehead atoms. The molecule has 6 fully saturated rings. The number of rotatable bonds is 0. The van der Waals surface area contributed by atoms with Gasteiger partial charge in [-0.25, -0.2) is 0 Å². The lowest BCUT2D eigenvalue weighted by molar-refractivity contribution is 0.0623. The van der Waals surface area contributed by atoms with E-state index in [4.69, 9.17) is 0 Å². The van der Waals surface area contributed by atoms with Crippen LogP contribution < -0.4 is 0 Å². The van der Waals surface area contributed by atoms with Crippen LogP contribution in [0.15, 0.2) is 0 Å². The molecule has 0 saturated carbocycles. The highest BCUT2D eigenvalue weighted by Crippen LogP contribution is 2.38. The van der Waals surface area contributed by atoms with E-state index in [1.807, 2.05) is 0 Å². The van der Waals surface area contributed by atoms with Crippen LogP contribution in [-0.2, 0) is 0 Å². The Morgan fingerprint density at radius 2 is 1.30 bits per heavy atom. The van der Waals surface area contributed by atoms with E-state index in [1.165, 1.54) is 117 Å². The molecule has 6 heterocycles. The molecule has 6 rings (SSSR count). The van der Waals surface area contributed by atoms with Crippen molar-refractivity contribution in [2.45, 2.75) is 57.0 Å². The Balaban J connectivity index is 0.000000118. The highest BCUT2D eigenvalue weighted by Gasteiger charge is 2.41. The molecule has 3 atom stereocenters. The molecule has 6 aliphatic heterocycles. The zero-order valence-corrected chi connectivity index (χ0v) is 22.6. The van der Waals surface area contributed by atoms with Crippen LogP contribution in [0.3, 0.4) is 0 Å². The predicted molar refractivity (Wildman–Crippen MR) is 140 cm³/mol. The summed E-state index contributed by atoms with van der Waals surface area (Å²) in [6.07, 6.45) is 10.0. The Kier molecular flexibility index (Phi) is 9.13. The van der Waals surface area contributed by atoms with Gasteiger partial charge in [-0.15, -0.1) is 0 Å². The molecule has 6 heteroatoms. The largest absolute Gasteiger partial charge is 0.306 e. The van der Waals surface area contributed by atoms with E-state index >= 15 is 0 Å². The van der Waals surface area contributed by atoms with Crippen molar-refractivity contribution in [1.29, 1.82) is 0 Å². The van der Waals surface area contributed by atoms with Gasteiger partial charge in [-0.1, -0.05) is 6.42 Å². The maximum Gasteiger partial charge on any atom is 0.0260 e. The first-order chi connectivity index (χ1) is 15.8. The summed E-state index contributed by atoms with van der Waals surface area (Å²) in [5, 5.41) is 0. The van der Waals surface area contributed by atoms with Crippen molar-refractivity contribution >= 4 is 0 Å². The summed E-state index contributed by atoms with van der Waals surface area (Å²) in [5.41, 5.74) is 0.684. The molecular weight excluding hydrogens is 408 g/mol. The molecule has 0 N–H and O–H groups in total. The Morgan fingerprint density at radius 3 is 1.94 bits per heavy atom. The minimum absolute atomic E-state index is 0.684. The van der Waals surface area contributed by atoms with Gasteiger partial charge >= 0.3 is 0 Å². The molecule has 6 aliphatic rings. The van der Waals surface area contributed by atoms with Crippen molar-refractivity contribution in [3.63, 3.8) is 0 Å². The summed E-state index contributed by atoms with van der Waals surface area (Å²) in [6.45, 7) is 14.5. The predicted octanol–water partition coefficient (Wildman–Crippen LogP) is 2.07. The highest BCUT2D eigenvalue weighted by molar-refractivity contribution is 4.95. The molecule has 0 aliphatic carbocycles. The molecule has 0 aromatic rings. The van der Waals surface area contributed by atoms with Crippen molar-refractivity contribution in [3.8, 4) is 0 Å². The molecule has 3 unspecified atom stereocenters. The summed E-state index contributed by atoms with van der Waals surface area (Å²) in [7, 11) is 11.2. The van der Waals surface area contributed by atoms with Crippen LogP contribution in [-0.4, -0.2) is 149 Å². The normalized spacial score (nSPS) is 36.1. The molecule has 0 radical (unpaired) electrons. The zero-order valence-electron chi connectivity index (χ0n) is 22.6. The minimum atomic E-state index is 0.684. The number of fused-ring (bicyclic) bond motifs is 2. The van der Waals surface area contributed by atoms with Crippen LogP contribution in [0.4, 0.5) is 0 Å². The highest BCUT2D eigenvalue weighted by atomic mass is 15.3. The molecular formula is C27H54N6. The first-order valence-electron chi connectivity index (χ1n) is 14.0. The summed E-state index contributed by atoms with van der Waals surface area (Å²) in [4.78, 5) is 15.1. The van der Waals surface area contributed by atoms with E-state index in [2.05, 4.69) is 64.6 Å². The number of hydrogen-bond donors (Lipinski definition) is 0.